The summed E-state index contributed by atoms with van der Waals surface area (Å²) in [5.74, 6) is -71.9. The molecule has 65 heavy (non-hydrogen) atoms. The van der Waals surface area contributed by atoms with Crippen LogP contribution in [-0.2, 0) is 11.3 Å². The molecule has 25 heteroatoms. The van der Waals surface area contributed by atoms with E-state index in [1.165, 1.54) is 0 Å². The number of nitrogens with zero attached hydrogens (tertiary/aromatic N) is 1. The maximum Gasteiger partial charge on any atom is 0.403 e. The molecule has 0 N–H and O–H groups in total. The first-order chi connectivity index (χ1) is 30.4. The number of hydrogen-bond acceptors (Lipinski definition) is 3. The van der Waals surface area contributed by atoms with Gasteiger partial charge in [0.15, 0.2) is 76.0 Å². The Labute approximate surface area is 348 Å². The monoisotopic (exact) mass is 949 g/mol. The van der Waals surface area contributed by atoms with Crippen molar-refractivity contribution in [3.63, 3.8) is 0 Å². The van der Waals surface area contributed by atoms with Crippen molar-refractivity contribution in [1.82, 2.24) is 0 Å². The van der Waals surface area contributed by atoms with E-state index in [-0.39, 0.29) is 12.3 Å². The van der Waals surface area contributed by atoms with Gasteiger partial charge in [-0.05, 0) is 13.0 Å². The average Bonchev–Trinajstić information content (AvgIpc) is 3.29. The molecule has 6 aromatic rings. The molecule has 0 amide bonds. The Kier molecular flexibility index (Phi) is 14.1. The third-order valence-corrected chi connectivity index (χ3v) is 9.54. The molecule has 342 valence electrons. The normalized spacial score (nSPS) is 11.4. The van der Waals surface area contributed by atoms with Gasteiger partial charge in [0.1, 0.15) is 52.7 Å². The van der Waals surface area contributed by atoms with Gasteiger partial charge in [0.05, 0.1) is 6.61 Å². The maximum absolute atomic E-state index is 15.4. The summed E-state index contributed by atoms with van der Waals surface area (Å²) >= 11 is 0. The van der Waals surface area contributed by atoms with E-state index in [0.29, 0.717) is 17.9 Å². The summed E-state index contributed by atoms with van der Waals surface area (Å²) < 4.78 is 301. The quantitative estimate of drug-likeness (QED) is 0.0282. The highest BCUT2D eigenvalue weighted by molar-refractivity contribution is 7.20. The number of halogens is 20. The first kappa shape index (κ1) is 49.1. The number of Topliss-reactive ketones (excluding diaryl/α,β-unsaturated/α-hetero) is 1. The zero-order chi connectivity index (χ0) is 48.7. The summed E-state index contributed by atoms with van der Waals surface area (Å²) in [7, 11) is 0. The Morgan fingerprint density at radius 1 is 0.415 bits per heavy atom. The van der Waals surface area contributed by atoms with Crippen molar-refractivity contribution in [2.45, 2.75) is 13.5 Å². The van der Waals surface area contributed by atoms with Crippen molar-refractivity contribution in [3.05, 3.63) is 182 Å². The minimum absolute atomic E-state index is 0.0488. The molecule has 0 radical (unpaired) electrons. The van der Waals surface area contributed by atoms with E-state index < -0.39 is 150 Å². The van der Waals surface area contributed by atoms with E-state index in [1.807, 2.05) is 18.2 Å². The molecule has 5 aromatic carbocycles. The van der Waals surface area contributed by atoms with Crippen molar-refractivity contribution >= 4 is 39.7 Å². The molecule has 0 saturated carbocycles. The van der Waals surface area contributed by atoms with Gasteiger partial charge in [0.2, 0.25) is 12.3 Å². The smallest absolute Gasteiger partial charge is 0.403 e. The van der Waals surface area contributed by atoms with Crippen LogP contribution < -0.4 is 26.4 Å². The van der Waals surface area contributed by atoms with Crippen LogP contribution in [0, 0.1) is 116 Å². The fourth-order valence-corrected chi connectivity index (χ4v) is 6.75. The van der Waals surface area contributed by atoms with E-state index in [1.54, 1.807) is 48.0 Å². The van der Waals surface area contributed by atoms with Gasteiger partial charge in [-0.25, -0.2) is 92.6 Å². The fourth-order valence-electron chi connectivity index (χ4n) is 6.75. The molecule has 0 unspecified atom stereocenters. The van der Waals surface area contributed by atoms with Gasteiger partial charge in [-0.1, -0.05) is 30.3 Å². The zero-order valence-electron chi connectivity index (χ0n) is 31.4. The lowest BCUT2D eigenvalue weighted by Gasteiger charge is -2.44. The Hall–Kier alpha value is -6.95. The molecular weight excluding hydrogens is 933 g/mol. The van der Waals surface area contributed by atoms with Crippen molar-refractivity contribution in [2.75, 3.05) is 6.61 Å². The van der Waals surface area contributed by atoms with Crippen LogP contribution in [0.5, 0.6) is 0 Å². The Bertz CT molecular complexity index is 2530. The second-order valence-corrected chi connectivity index (χ2v) is 13.0. The largest absolute Gasteiger partial charge is 0.458 e. The Morgan fingerprint density at radius 3 is 0.985 bits per heavy atom. The number of benzene rings is 5. The summed E-state index contributed by atoms with van der Waals surface area (Å²) in [5, 5.41) is 0. The lowest BCUT2D eigenvalue weighted by molar-refractivity contribution is -0.685. The molecule has 0 bridgehead atoms. The average molecular weight is 949 g/mol. The summed E-state index contributed by atoms with van der Waals surface area (Å²) in [6.07, 6.45) is -5.52. The summed E-state index contributed by atoms with van der Waals surface area (Å²) in [4.78, 5) is 24.0. The van der Waals surface area contributed by atoms with Crippen LogP contribution >= 0.6 is 0 Å². The maximum atomic E-state index is 15.4. The second kappa shape index (κ2) is 18.6. The number of esters is 1. The van der Waals surface area contributed by atoms with Crippen LogP contribution in [0.3, 0.4) is 0 Å². The number of ketones is 1. The van der Waals surface area contributed by atoms with Crippen molar-refractivity contribution < 1.29 is 107 Å². The van der Waals surface area contributed by atoms with Gasteiger partial charge in [-0.2, -0.15) is 4.57 Å². The predicted molar refractivity (Wildman–Crippen MR) is 183 cm³/mol. The van der Waals surface area contributed by atoms with Crippen LogP contribution in [-0.4, -0.2) is 24.5 Å². The van der Waals surface area contributed by atoms with Crippen molar-refractivity contribution in [1.29, 1.82) is 0 Å². The van der Waals surface area contributed by atoms with E-state index in [2.05, 4.69) is 0 Å². The minimum Gasteiger partial charge on any atom is -0.458 e. The lowest BCUT2D eigenvalue weighted by Crippen LogP contribution is -2.81. The second-order valence-electron chi connectivity index (χ2n) is 13.0. The van der Waals surface area contributed by atoms with Gasteiger partial charge < -0.3 is 4.74 Å². The molecule has 4 nitrogen and oxygen atoms in total. The fraction of sp³-hybridized carbons (Fsp3) is 0.0750. The summed E-state index contributed by atoms with van der Waals surface area (Å²) in [6.45, 7) is 2.17. The molecule has 1 aromatic heterocycles. The SMILES string of the molecule is CCOC(=O)c1cccc[n+]1CC(=O)c1ccccc1.Fc1c(F)c(F)c([B-](c2c(F)c(F)c(F)c(F)c2F)(c2c(F)c(F)c(F)c(F)c2F)c2c(F)c(F)c(F)c(F)c2F)c(F)c1F. The predicted octanol–water partition coefficient (Wildman–Crippen LogP) is 7.88. The minimum atomic E-state index is -7.22. The molecule has 6 rings (SSSR count). The van der Waals surface area contributed by atoms with E-state index in [0.717, 1.165) is 0 Å². The molecular formula is C40H16BF20NO3. The van der Waals surface area contributed by atoms with E-state index in [9.17, 15) is 62.3 Å². The van der Waals surface area contributed by atoms with Crippen LogP contribution in [0.25, 0.3) is 0 Å². The standard InChI is InChI=1S/C24BF20.C16H16NO3/c26-5-1(6(27)14(35)21(42)13(5)34)25(2-7(28)15(36)22(43)16(37)8(2)29,3-9(30)17(38)23(44)18(39)10(3)31)4-11(32)19(40)24(45)20(41)12(4)33;1-2-20-16(19)14-10-6-7-11-17(14)12-15(18)13-8-4-3-5-9-13/h;3-11H,2,12H2,1H3/q-1;+1. The number of pyridine rings is 1. The highest BCUT2D eigenvalue weighted by Crippen LogP contribution is 2.30. The van der Waals surface area contributed by atoms with Gasteiger partial charge in [0.25, 0.3) is 5.69 Å². The van der Waals surface area contributed by atoms with Gasteiger partial charge in [-0.3, -0.25) is 4.79 Å². The van der Waals surface area contributed by atoms with Crippen LogP contribution in [0.4, 0.5) is 87.8 Å². The molecule has 0 aliphatic carbocycles. The first-order valence-electron chi connectivity index (χ1n) is 17.4. The third kappa shape index (κ3) is 8.00. The number of hydrogen-bond donors (Lipinski definition) is 0. The number of carbonyl (C=O) groups excluding carboxylic acids is 2. The molecule has 0 spiro atoms. The van der Waals surface area contributed by atoms with Crippen LogP contribution in [0.15, 0.2) is 54.7 Å². The van der Waals surface area contributed by atoms with Crippen molar-refractivity contribution in [2.24, 2.45) is 0 Å². The highest BCUT2D eigenvalue weighted by Gasteiger charge is 2.52. The number of ether oxygens (including phenoxy) is 1. The van der Waals surface area contributed by atoms with Crippen molar-refractivity contribution in [3.8, 4) is 0 Å². The summed E-state index contributed by atoms with van der Waals surface area (Å²) in [6, 6.07) is 14.2. The van der Waals surface area contributed by atoms with E-state index in [4.69, 9.17) is 4.74 Å². The van der Waals surface area contributed by atoms with Gasteiger partial charge in [-0.15, -0.1) is 21.9 Å². The number of rotatable bonds is 9. The molecule has 0 aliphatic rings. The molecule has 0 atom stereocenters. The van der Waals surface area contributed by atoms with E-state index >= 15 is 35.1 Å². The lowest BCUT2D eigenvalue weighted by atomic mass is 9.12. The highest BCUT2D eigenvalue weighted by atomic mass is 19.2. The molecule has 1 heterocycles. The molecule has 0 fully saturated rings. The van der Waals surface area contributed by atoms with Gasteiger partial charge >= 0.3 is 5.97 Å². The topological polar surface area (TPSA) is 47.2 Å². The molecule has 0 aliphatic heterocycles. The molecule has 0 saturated heterocycles. The zero-order valence-corrected chi connectivity index (χ0v) is 31.4. The third-order valence-electron chi connectivity index (χ3n) is 9.54. The summed E-state index contributed by atoms with van der Waals surface area (Å²) in [5.41, 5.74) is -13.3. The number of aromatic nitrogens is 1. The number of carbonyl (C=O) groups is 2. The Balaban J connectivity index is 0.000000330. The van der Waals surface area contributed by atoms with Crippen LogP contribution in [0.2, 0.25) is 0 Å². The Morgan fingerprint density at radius 2 is 0.692 bits per heavy atom. The van der Waals surface area contributed by atoms with Gasteiger partial charge in [0, 0.05) is 17.7 Å². The van der Waals surface area contributed by atoms with Crippen LogP contribution in [0.1, 0.15) is 27.8 Å². The first-order valence-corrected chi connectivity index (χ1v) is 17.4.